The van der Waals surface area contributed by atoms with Gasteiger partial charge in [0.1, 0.15) is 11.5 Å². The minimum atomic E-state index is -0.383. The Labute approximate surface area is 111 Å². The third kappa shape index (κ3) is 2.76. The molecule has 0 bridgehead atoms. The Balaban J connectivity index is 2.27. The molecular formula is C14H16FN3O. The summed E-state index contributed by atoms with van der Waals surface area (Å²) in [6.45, 7) is 4.37. The first-order chi connectivity index (χ1) is 9.01. The first kappa shape index (κ1) is 13.1. The van der Waals surface area contributed by atoms with Crippen molar-refractivity contribution in [3.05, 3.63) is 47.5 Å². The number of nitrogens with zero attached hydrogens (tertiary/aromatic N) is 1. The molecule has 1 aromatic heterocycles. The van der Waals surface area contributed by atoms with Gasteiger partial charge in [-0.05, 0) is 37.6 Å². The van der Waals surface area contributed by atoms with Crippen LogP contribution < -0.4 is 11.1 Å². The SMILES string of the molecule is CCn1cc(N)cc1C(=O)Nc1cc(F)ccc1C. The molecule has 1 aromatic carbocycles. The Hall–Kier alpha value is -2.30. The van der Waals surface area contributed by atoms with E-state index in [1.807, 2.05) is 13.8 Å². The van der Waals surface area contributed by atoms with Crippen LogP contribution in [0.4, 0.5) is 15.8 Å². The molecule has 0 radical (unpaired) electrons. The summed E-state index contributed by atoms with van der Waals surface area (Å²) in [5.74, 6) is -0.682. The molecule has 0 atom stereocenters. The smallest absolute Gasteiger partial charge is 0.272 e. The van der Waals surface area contributed by atoms with E-state index in [0.29, 0.717) is 23.6 Å². The van der Waals surface area contributed by atoms with E-state index >= 15 is 0 Å². The fourth-order valence-electron chi connectivity index (χ4n) is 1.90. The molecule has 100 valence electrons. The first-order valence-electron chi connectivity index (χ1n) is 6.04. The molecule has 3 N–H and O–H groups in total. The van der Waals surface area contributed by atoms with Crippen LogP contribution in [0.5, 0.6) is 0 Å². The minimum Gasteiger partial charge on any atom is -0.397 e. The van der Waals surface area contributed by atoms with Gasteiger partial charge in [-0.1, -0.05) is 6.07 Å². The average Bonchev–Trinajstić information content (AvgIpc) is 2.75. The highest BCUT2D eigenvalue weighted by Crippen LogP contribution is 2.18. The number of carbonyl (C=O) groups excluding carboxylic acids is 1. The second-order valence-electron chi connectivity index (χ2n) is 4.36. The molecule has 19 heavy (non-hydrogen) atoms. The van der Waals surface area contributed by atoms with Crippen LogP contribution in [0.25, 0.3) is 0 Å². The summed E-state index contributed by atoms with van der Waals surface area (Å²) < 4.78 is 14.9. The summed E-state index contributed by atoms with van der Waals surface area (Å²) >= 11 is 0. The van der Waals surface area contributed by atoms with Gasteiger partial charge in [0.2, 0.25) is 0 Å². The van der Waals surface area contributed by atoms with Crippen molar-refractivity contribution in [2.24, 2.45) is 0 Å². The Bertz CT molecular complexity index is 619. The van der Waals surface area contributed by atoms with E-state index in [1.54, 1.807) is 22.9 Å². The summed E-state index contributed by atoms with van der Waals surface area (Å²) in [6.07, 6.45) is 1.70. The highest BCUT2D eigenvalue weighted by atomic mass is 19.1. The van der Waals surface area contributed by atoms with Crippen molar-refractivity contribution < 1.29 is 9.18 Å². The minimum absolute atomic E-state index is 0.299. The van der Waals surface area contributed by atoms with Crippen LogP contribution in [-0.2, 0) is 6.54 Å². The van der Waals surface area contributed by atoms with Gasteiger partial charge in [-0.15, -0.1) is 0 Å². The number of hydrogen-bond donors (Lipinski definition) is 2. The third-order valence-electron chi connectivity index (χ3n) is 2.94. The van der Waals surface area contributed by atoms with Gasteiger partial charge in [0.25, 0.3) is 5.91 Å². The molecular weight excluding hydrogens is 245 g/mol. The molecule has 0 saturated carbocycles. The van der Waals surface area contributed by atoms with Crippen LogP contribution in [0.2, 0.25) is 0 Å². The number of aryl methyl sites for hydroxylation is 2. The van der Waals surface area contributed by atoms with E-state index in [2.05, 4.69) is 5.32 Å². The summed E-state index contributed by atoms with van der Waals surface area (Å²) in [5, 5.41) is 2.70. The van der Waals surface area contributed by atoms with Gasteiger partial charge in [0.15, 0.2) is 0 Å². The predicted molar refractivity (Wildman–Crippen MR) is 73.6 cm³/mol. The van der Waals surface area contributed by atoms with Gasteiger partial charge in [0.05, 0.1) is 5.69 Å². The molecule has 0 aliphatic heterocycles. The Morgan fingerprint density at radius 3 is 2.84 bits per heavy atom. The molecule has 0 aliphatic rings. The van der Waals surface area contributed by atoms with Gasteiger partial charge < -0.3 is 15.6 Å². The number of hydrogen-bond acceptors (Lipinski definition) is 2. The van der Waals surface area contributed by atoms with Crippen molar-refractivity contribution in [3.63, 3.8) is 0 Å². The second-order valence-corrected chi connectivity index (χ2v) is 4.36. The highest BCUT2D eigenvalue weighted by molar-refractivity contribution is 6.04. The van der Waals surface area contributed by atoms with Gasteiger partial charge >= 0.3 is 0 Å². The molecule has 0 fully saturated rings. The number of carbonyl (C=O) groups is 1. The zero-order valence-corrected chi connectivity index (χ0v) is 10.9. The summed E-state index contributed by atoms with van der Waals surface area (Å²) in [4.78, 5) is 12.2. The molecule has 0 unspecified atom stereocenters. The lowest BCUT2D eigenvalue weighted by Crippen LogP contribution is -2.17. The van der Waals surface area contributed by atoms with Crippen LogP contribution >= 0.6 is 0 Å². The molecule has 0 saturated heterocycles. The van der Waals surface area contributed by atoms with Crippen molar-refractivity contribution in [2.45, 2.75) is 20.4 Å². The normalized spacial score (nSPS) is 10.5. The fraction of sp³-hybridized carbons (Fsp3) is 0.214. The zero-order valence-electron chi connectivity index (χ0n) is 10.9. The number of rotatable bonds is 3. The van der Waals surface area contributed by atoms with Gasteiger partial charge in [-0.3, -0.25) is 4.79 Å². The van der Waals surface area contributed by atoms with Crippen molar-refractivity contribution in [3.8, 4) is 0 Å². The van der Waals surface area contributed by atoms with Crippen LogP contribution in [0.3, 0.4) is 0 Å². The predicted octanol–water partition coefficient (Wildman–Crippen LogP) is 2.79. The quantitative estimate of drug-likeness (QED) is 0.892. The third-order valence-corrected chi connectivity index (χ3v) is 2.94. The summed E-state index contributed by atoms with van der Waals surface area (Å²) in [7, 11) is 0. The molecule has 5 heteroatoms. The van der Waals surface area contributed by atoms with Gasteiger partial charge in [-0.2, -0.15) is 0 Å². The van der Waals surface area contributed by atoms with Crippen molar-refractivity contribution >= 4 is 17.3 Å². The van der Waals surface area contributed by atoms with E-state index in [-0.39, 0.29) is 11.7 Å². The van der Waals surface area contributed by atoms with Crippen molar-refractivity contribution in [2.75, 3.05) is 11.1 Å². The number of nitrogens with two attached hydrogens (primary N) is 1. The maximum Gasteiger partial charge on any atom is 0.272 e. The van der Waals surface area contributed by atoms with E-state index in [0.717, 1.165) is 5.56 Å². The fourth-order valence-corrected chi connectivity index (χ4v) is 1.90. The number of benzene rings is 1. The largest absolute Gasteiger partial charge is 0.397 e. The molecule has 0 spiro atoms. The van der Waals surface area contributed by atoms with E-state index in [9.17, 15) is 9.18 Å². The molecule has 1 amide bonds. The van der Waals surface area contributed by atoms with Crippen LogP contribution in [0, 0.1) is 12.7 Å². The summed E-state index contributed by atoms with van der Waals surface area (Å²) in [6, 6.07) is 5.89. The topological polar surface area (TPSA) is 60.0 Å². The number of aromatic nitrogens is 1. The Morgan fingerprint density at radius 2 is 2.16 bits per heavy atom. The number of nitrogens with one attached hydrogen (secondary N) is 1. The zero-order chi connectivity index (χ0) is 14.0. The Kier molecular flexibility index (Phi) is 3.55. The molecule has 2 rings (SSSR count). The Morgan fingerprint density at radius 1 is 1.42 bits per heavy atom. The number of amides is 1. The average molecular weight is 261 g/mol. The van der Waals surface area contributed by atoms with Gasteiger partial charge in [-0.25, -0.2) is 4.39 Å². The second kappa shape index (κ2) is 5.14. The highest BCUT2D eigenvalue weighted by Gasteiger charge is 2.13. The lowest BCUT2D eigenvalue weighted by atomic mass is 10.2. The van der Waals surface area contributed by atoms with Gasteiger partial charge in [0, 0.05) is 18.4 Å². The van der Waals surface area contributed by atoms with Crippen molar-refractivity contribution in [1.82, 2.24) is 4.57 Å². The van der Waals surface area contributed by atoms with E-state index in [1.165, 1.54) is 12.1 Å². The molecule has 4 nitrogen and oxygen atoms in total. The number of nitrogen functional groups attached to an aromatic ring is 1. The van der Waals surface area contributed by atoms with Crippen molar-refractivity contribution in [1.29, 1.82) is 0 Å². The number of halogens is 1. The van der Waals surface area contributed by atoms with Crippen LogP contribution in [-0.4, -0.2) is 10.5 Å². The lowest BCUT2D eigenvalue weighted by Gasteiger charge is -2.10. The summed E-state index contributed by atoms with van der Waals surface area (Å²) in [5.41, 5.74) is 7.94. The molecule has 2 aromatic rings. The van der Waals surface area contributed by atoms with Crippen LogP contribution in [0.15, 0.2) is 30.5 Å². The first-order valence-corrected chi connectivity index (χ1v) is 6.04. The standard InChI is InChI=1S/C14H16FN3O/c1-3-18-8-11(16)7-13(18)14(19)17-12-6-10(15)5-4-9(12)2/h4-8H,3,16H2,1-2H3,(H,17,19). The van der Waals surface area contributed by atoms with E-state index in [4.69, 9.17) is 5.73 Å². The van der Waals surface area contributed by atoms with E-state index < -0.39 is 0 Å². The lowest BCUT2D eigenvalue weighted by molar-refractivity contribution is 0.101. The molecule has 1 heterocycles. The maximum atomic E-state index is 13.2. The number of anilines is 2. The monoisotopic (exact) mass is 261 g/mol. The maximum absolute atomic E-state index is 13.2. The van der Waals surface area contributed by atoms with Crippen LogP contribution in [0.1, 0.15) is 23.0 Å². The molecule has 0 aliphatic carbocycles.